The van der Waals surface area contributed by atoms with Gasteiger partial charge in [0.1, 0.15) is 5.82 Å². The summed E-state index contributed by atoms with van der Waals surface area (Å²) in [5, 5.41) is 9.12. The van der Waals surface area contributed by atoms with Crippen LogP contribution in [0, 0.1) is 0 Å². The number of aromatic nitrogens is 2. The molecule has 0 saturated heterocycles. The van der Waals surface area contributed by atoms with E-state index in [1.165, 1.54) is 0 Å². The van der Waals surface area contributed by atoms with Crippen molar-refractivity contribution in [3.63, 3.8) is 0 Å². The average molecular weight is 355 g/mol. The normalized spacial score (nSPS) is 11.8. The summed E-state index contributed by atoms with van der Waals surface area (Å²) in [7, 11) is 1.76. The Kier molecular flexibility index (Phi) is 7.53. The zero-order valence-electron chi connectivity index (χ0n) is 16.1. The minimum Gasteiger partial charge on any atom is -0.354 e. The van der Waals surface area contributed by atoms with Gasteiger partial charge >= 0.3 is 0 Å². The second kappa shape index (κ2) is 9.87. The van der Waals surface area contributed by atoms with E-state index in [4.69, 9.17) is 0 Å². The SMILES string of the molecule is CCc1ncc(Nc2cccc([C@@H](C)CNC(=O)CNC)c2)nc1CC. The summed E-state index contributed by atoms with van der Waals surface area (Å²) < 4.78 is 0. The van der Waals surface area contributed by atoms with Gasteiger partial charge in [0, 0.05) is 12.2 Å². The molecular formula is C20H29N5O. The van der Waals surface area contributed by atoms with Gasteiger partial charge in [0.15, 0.2) is 0 Å². The van der Waals surface area contributed by atoms with Gasteiger partial charge in [-0.25, -0.2) is 4.98 Å². The summed E-state index contributed by atoms with van der Waals surface area (Å²) >= 11 is 0. The van der Waals surface area contributed by atoms with Crippen LogP contribution in [0.3, 0.4) is 0 Å². The van der Waals surface area contributed by atoms with Gasteiger partial charge in [-0.1, -0.05) is 32.9 Å². The molecule has 2 aromatic rings. The molecule has 0 unspecified atom stereocenters. The maximum atomic E-state index is 11.6. The maximum absolute atomic E-state index is 11.6. The van der Waals surface area contributed by atoms with Crippen LogP contribution in [-0.2, 0) is 17.6 Å². The van der Waals surface area contributed by atoms with Crippen LogP contribution >= 0.6 is 0 Å². The van der Waals surface area contributed by atoms with Crippen LogP contribution in [0.15, 0.2) is 30.5 Å². The topological polar surface area (TPSA) is 78.9 Å². The van der Waals surface area contributed by atoms with E-state index in [-0.39, 0.29) is 11.8 Å². The minimum atomic E-state index is 0.00649. The molecule has 0 bridgehead atoms. The van der Waals surface area contributed by atoms with Crippen LogP contribution in [0.5, 0.6) is 0 Å². The second-order valence-electron chi connectivity index (χ2n) is 6.34. The lowest BCUT2D eigenvalue weighted by Gasteiger charge is -2.15. The molecule has 1 atom stereocenters. The molecule has 3 N–H and O–H groups in total. The Hall–Kier alpha value is -2.47. The molecule has 0 saturated carbocycles. The summed E-state index contributed by atoms with van der Waals surface area (Å²) in [5.74, 6) is 0.982. The number of rotatable bonds is 9. The first-order valence-electron chi connectivity index (χ1n) is 9.20. The Balaban J connectivity index is 2.05. The third kappa shape index (κ3) is 5.52. The third-order valence-electron chi connectivity index (χ3n) is 4.27. The highest BCUT2D eigenvalue weighted by Gasteiger charge is 2.09. The van der Waals surface area contributed by atoms with Crippen LogP contribution in [-0.4, -0.2) is 36.0 Å². The van der Waals surface area contributed by atoms with Gasteiger partial charge in [0.25, 0.3) is 0 Å². The molecule has 0 spiro atoms. The fraction of sp³-hybridized carbons (Fsp3) is 0.450. The zero-order chi connectivity index (χ0) is 18.9. The predicted molar refractivity (Wildman–Crippen MR) is 106 cm³/mol. The van der Waals surface area contributed by atoms with E-state index in [0.29, 0.717) is 13.1 Å². The minimum absolute atomic E-state index is 0.00649. The molecule has 140 valence electrons. The molecule has 26 heavy (non-hydrogen) atoms. The molecular weight excluding hydrogens is 326 g/mol. The highest BCUT2D eigenvalue weighted by atomic mass is 16.1. The maximum Gasteiger partial charge on any atom is 0.233 e. The fourth-order valence-corrected chi connectivity index (χ4v) is 2.77. The number of hydrogen-bond acceptors (Lipinski definition) is 5. The first-order chi connectivity index (χ1) is 12.6. The number of nitrogens with zero attached hydrogens (tertiary/aromatic N) is 2. The van der Waals surface area contributed by atoms with Gasteiger partial charge in [-0.3, -0.25) is 9.78 Å². The quantitative estimate of drug-likeness (QED) is 0.645. The van der Waals surface area contributed by atoms with Gasteiger partial charge in [0.05, 0.1) is 24.1 Å². The largest absolute Gasteiger partial charge is 0.354 e. The van der Waals surface area contributed by atoms with E-state index >= 15 is 0 Å². The Morgan fingerprint density at radius 1 is 1.19 bits per heavy atom. The van der Waals surface area contributed by atoms with Crippen molar-refractivity contribution in [3.05, 3.63) is 47.4 Å². The molecule has 0 aliphatic heterocycles. The fourth-order valence-electron chi connectivity index (χ4n) is 2.77. The molecule has 2 rings (SSSR count). The molecule has 0 aliphatic rings. The molecule has 6 heteroatoms. The Labute approximate surface area is 155 Å². The number of amides is 1. The number of anilines is 2. The number of benzene rings is 1. The van der Waals surface area contributed by atoms with Crippen molar-refractivity contribution in [3.8, 4) is 0 Å². The van der Waals surface area contributed by atoms with Gasteiger partial charge in [-0.2, -0.15) is 0 Å². The number of carbonyl (C=O) groups is 1. The Morgan fingerprint density at radius 2 is 1.96 bits per heavy atom. The summed E-state index contributed by atoms with van der Waals surface area (Å²) in [6, 6.07) is 8.19. The molecule has 1 aromatic carbocycles. The van der Waals surface area contributed by atoms with Crippen LogP contribution in [0.4, 0.5) is 11.5 Å². The van der Waals surface area contributed by atoms with Crippen LogP contribution in [0.1, 0.15) is 43.6 Å². The van der Waals surface area contributed by atoms with Crippen LogP contribution < -0.4 is 16.0 Å². The monoisotopic (exact) mass is 355 g/mol. The summed E-state index contributed by atoms with van der Waals surface area (Å²) in [6.45, 7) is 7.23. The van der Waals surface area contributed by atoms with Crippen molar-refractivity contribution in [1.29, 1.82) is 0 Å². The molecule has 0 fully saturated rings. The van der Waals surface area contributed by atoms with E-state index in [1.807, 2.05) is 12.1 Å². The van der Waals surface area contributed by atoms with Crippen molar-refractivity contribution in [2.24, 2.45) is 0 Å². The number of likely N-dealkylation sites (N-methyl/N-ethyl adjacent to an activating group) is 1. The predicted octanol–water partition coefficient (Wildman–Crippen LogP) is 2.78. The first kappa shape index (κ1) is 19.8. The summed E-state index contributed by atoms with van der Waals surface area (Å²) in [4.78, 5) is 20.8. The number of aryl methyl sites for hydroxylation is 2. The van der Waals surface area contributed by atoms with E-state index in [2.05, 4.69) is 58.8 Å². The standard InChI is InChI=1S/C20H29N5O/c1-5-17-18(6-2)25-19(12-22-17)24-16-9-7-8-15(10-16)14(3)11-23-20(26)13-21-4/h7-10,12,14,21H,5-6,11,13H2,1-4H3,(H,23,26)(H,24,25)/t14-/m0/s1. The molecule has 0 radical (unpaired) electrons. The number of carbonyl (C=O) groups excluding carboxylic acids is 1. The Morgan fingerprint density at radius 3 is 2.65 bits per heavy atom. The van der Waals surface area contributed by atoms with Crippen molar-refractivity contribution in [1.82, 2.24) is 20.6 Å². The van der Waals surface area contributed by atoms with Crippen molar-refractivity contribution in [2.75, 3.05) is 25.5 Å². The molecule has 0 aliphatic carbocycles. The van der Waals surface area contributed by atoms with Crippen molar-refractivity contribution in [2.45, 2.75) is 39.5 Å². The molecule has 1 aromatic heterocycles. The van der Waals surface area contributed by atoms with E-state index in [0.717, 1.165) is 41.3 Å². The lowest BCUT2D eigenvalue weighted by atomic mass is 10.0. The van der Waals surface area contributed by atoms with E-state index in [9.17, 15) is 4.79 Å². The third-order valence-corrected chi connectivity index (χ3v) is 4.27. The van der Waals surface area contributed by atoms with Crippen molar-refractivity contribution >= 4 is 17.4 Å². The molecule has 1 heterocycles. The van der Waals surface area contributed by atoms with Gasteiger partial charge in [-0.05, 0) is 43.5 Å². The number of hydrogen-bond donors (Lipinski definition) is 3. The highest BCUT2D eigenvalue weighted by Crippen LogP contribution is 2.21. The Bertz CT molecular complexity index is 732. The average Bonchev–Trinajstić information content (AvgIpc) is 2.66. The zero-order valence-corrected chi connectivity index (χ0v) is 16.1. The molecule has 1 amide bonds. The lowest BCUT2D eigenvalue weighted by molar-refractivity contribution is -0.120. The number of nitrogens with one attached hydrogen (secondary N) is 3. The summed E-state index contributed by atoms with van der Waals surface area (Å²) in [5.41, 5.74) is 4.22. The second-order valence-corrected chi connectivity index (χ2v) is 6.34. The van der Waals surface area contributed by atoms with E-state index in [1.54, 1.807) is 13.2 Å². The summed E-state index contributed by atoms with van der Waals surface area (Å²) in [6.07, 6.45) is 3.55. The van der Waals surface area contributed by atoms with Crippen LogP contribution in [0.2, 0.25) is 0 Å². The van der Waals surface area contributed by atoms with Crippen LogP contribution in [0.25, 0.3) is 0 Å². The van der Waals surface area contributed by atoms with Crippen molar-refractivity contribution < 1.29 is 4.79 Å². The lowest BCUT2D eigenvalue weighted by Crippen LogP contribution is -2.34. The smallest absolute Gasteiger partial charge is 0.233 e. The highest BCUT2D eigenvalue weighted by molar-refractivity contribution is 5.78. The van der Waals surface area contributed by atoms with Gasteiger partial charge in [-0.15, -0.1) is 0 Å². The first-order valence-corrected chi connectivity index (χ1v) is 9.20. The van der Waals surface area contributed by atoms with Gasteiger partial charge < -0.3 is 16.0 Å². The molecule has 6 nitrogen and oxygen atoms in total. The van der Waals surface area contributed by atoms with E-state index < -0.39 is 0 Å². The van der Waals surface area contributed by atoms with Gasteiger partial charge in [0.2, 0.25) is 5.91 Å².